The second kappa shape index (κ2) is 7.27. The summed E-state index contributed by atoms with van der Waals surface area (Å²) in [6.07, 6.45) is 4.81. The van der Waals surface area contributed by atoms with E-state index >= 15 is 0 Å². The molecule has 0 aliphatic carbocycles. The molecule has 1 aliphatic heterocycles. The molecule has 27 heavy (non-hydrogen) atoms. The van der Waals surface area contributed by atoms with Crippen LogP contribution in [0.5, 0.6) is 5.75 Å². The van der Waals surface area contributed by atoms with E-state index in [2.05, 4.69) is 17.1 Å². The molecule has 1 fully saturated rings. The third-order valence-corrected chi connectivity index (χ3v) is 5.44. The number of aromatic nitrogens is 2. The highest BCUT2D eigenvalue weighted by Gasteiger charge is 2.29. The Morgan fingerprint density at radius 1 is 1.44 bits per heavy atom. The van der Waals surface area contributed by atoms with Crippen LogP contribution in [-0.4, -0.2) is 41.2 Å². The number of piperidine rings is 1. The maximum absolute atomic E-state index is 13.1. The number of likely N-dealkylation sites (tertiary alicyclic amines) is 1. The van der Waals surface area contributed by atoms with E-state index in [1.165, 1.54) is 5.56 Å². The van der Waals surface area contributed by atoms with Crippen molar-refractivity contribution in [3.8, 4) is 5.75 Å². The molecule has 6 nitrogen and oxygen atoms in total. The number of ether oxygens (including phenoxy) is 1. The molecule has 1 aromatic carbocycles. The van der Waals surface area contributed by atoms with Crippen molar-refractivity contribution in [2.24, 2.45) is 0 Å². The van der Waals surface area contributed by atoms with Crippen molar-refractivity contribution in [2.75, 3.05) is 20.2 Å². The van der Waals surface area contributed by atoms with Gasteiger partial charge in [0.1, 0.15) is 0 Å². The van der Waals surface area contributed by atoms with Crippen molar-refractivity contribution >= 4 is 28.5 Å². The highest BCUT2D eigenvalue weighted by Crippen LogP contribution is 2.34. The Labute approximate surface area is 162 Å². The first kappa shape index (κ1) is 17.9. The summed E-state index contributed by atoms with van der Waals surface area (Å²) in [5.41, 5.74) is 2.91. The lowest BCUT2D eigenvalue weighted by molar-refractivity contribution is 0.0675. The summed E-state index contributed by atoms with van der Waals surface area (Å²) in [6.45, 7) is 3.50. The number of furan rings is 1. The molecule has 3 heterocycles. The first-order valence-corrected chi connectivity index (χ1v) is 9.57. The van der Waals surface area contributed by atoms with Crippen LogP contribution in [0.3, 0.4) is 0 Å². The molecular weight excluding hydrogens is 366 g/mol. The summed E-state index contributed by atoms with van der Waals surface area (Å²) in [6, 6.07) is 5.20. The number of aryl methyl sites for hydroxylation is 1. The number of hydrogen-bond donors (Lipinski definition) is 1. The number of halogens is 1. The van der Waals surface area contributed by atoms with Crippen LogP contribution in [0.15, 0.2) is 28.8 Å². The van der Waals surface area contributed by atoms with E-state index in [1.54, 1.807) is 25.3 Å². The van der Waals surface area contributed by atoms with Crippen molar-refractivity contribution in [3.63, 3.8) is 0 Å². The third-order valence-electron chi connectivity index (χ3n) is 5.23. The molecular formula is C20H22ClN3O3. The highest BCUT2D eigenvalue weighted by molar-refractivity contribution is 6.31. The summed E-state index contributed by atoms with van der Waals surface area (Å²) in [7, 11) is 1.56. The van der Waals surface area contributed by atoms with E-state index in [-0.39, 0.29) is 11.8 Å². The zero-order chi connectivity index (χ0) is 19.0. The molecule has 1 atom stereocenters. The number of nitrogens with one attached hydrogen (secondary N) is 1. The van der Waals surface area contributed by atoms with Gasteiger partial charge in [-0.1, -0.05) is 18.5 Å². The Morgan fingerprint density at radius 2 is 2.30 bits per heavy atom. The van der Waals surface area contributed by atoms with Crippen LogP contribution in [0.25, 0.3) is 11.0 Å². The molecule has 1 N–H and O–H groups in total. The SMILES string of the molecule is CCc1cn[nH]c1C1CCCN(C(=O)c2cc3cc(Cl)cc(OC)c3o2)C1. The number of nitrogens with zero attached hydrogens (tertiary/aromatic N) is 2. The fourth-order valence-electron chi connectivity index (χ4n) is 3.85. The number of fused-ring (bicyclic) bond motifs is 1. The Kier molecular flexibility index (Phi) is 4.83. The van der Waals surface area contributed by atoms with Gasteiger partial charge >= 0.3 is 0 Å². The van der Waals surface area contributed by atoms with E-state index in [0.717, 1.165) is 36.9 Å². The minimum absolute atomic E-state index is 0.105. The van der Waals surface area contributed by atoms with Gasteiger partial charge in [-0.05, 0) is 37.0 Å². The second-order valence-corrected chi connectivity index (χ2v) is 7.33. The fraction of sp³-hybridized carbons (Fsp3) is 0.400. The number of rotatable bonds is 4. The summed E-state index contributed by atoms with van der Waals surface area (Å²) in [5, 5.41) is 8.61. The van der Waals surface area contributed by atoms with Crippen LogP contribution in [0, 0.1) is 0 Å². The average Bonchev–Trinajstić information content (AvgIpc) is 3.33. The predicted molar refractivity (Wildman–Crippen MR) is 104 cm³/mol. The number of aromatic amines is 1. The summed E-state index contributed by atoms with van der Waals surface area (Å²) >= 11 is 6.12. The lowest BCUT2D eigenvalue weighted by atomic mass is 9.92. The molecule has 3 aromatic rings. The maximum atomic E-state index is 13.1. The molecule has 2 aromatic heterocycles. The zero-order valence-electron chi connectivity index (χ0n) is 15.4. The van der Waals surface area contributed by atoms with Crippen LogP contribution in [0.1, 0.15) is 47.5 Å². The summed E-state index contributed by atoms with van der Waals surface area (Å²) in [4.78, 5) is 14.9. The molecule has 4 rings (SSSR count). The minimum atomic E-state index is -0.105. The highest BCUT2D eigenvalue weighted by atomic mass is 35.5. The molecule has 0 radical (unpaired) electrons. The predicted octanol–water partition coefficient (Wildman–Crippen LogP) is 4.40. The number of methoxy groups -OCH3 is 1. The van der Waals surface area contributed by atoms with Gasteiger partial charge in [0.25, 0.3) is 5.91 Å². The van der Waals surface area contributed by atoms with Crippen LogP contribution in [0.4, 0.5) is 0 Å². The lowest BCUT2D eigenvalue weighted by Crippen LogP contribution is -2.39. The minimum Gasteiger partial charge on any atom is -0.493 e. The van der Waals surface area contributed by atoms with Gasteiger partial charge in [0.15, 0.2) is 17.1 Å². The molecule has 0 bridgehead atoms. The number of benzene rings is 1. The molecule has 1 amide bonds. The van der Waals surface area contributed by atoms with Crippen LogP contribution in [0.2, 0.25) is 5.02 Å². The van der Waals surface area contributed by atoms with Gasteiger partial charge in [-0.15, -0.1) is 0 Å². The molecule has 1 aliphatic rings. The fourth-order valence-corrected chi connectivity index (χ4v) is 4.07. The summed E-state index contributed by atoms with van der Waals surface area (Å²) < 4.78 is 11.2. The van der Waals surface area contributed by atoms with Crippen LogP contribution < -0.4 is 4.74 Å². The number of carbonyl (C=O) groups is 1. The van der Waals surface area contributed by atoms with Gasteiger partial charge < -0.3 is 14.1 Å². The first-order valence-electron chi connectivity index (χ1n) is 9.19. The van der Waals surface area contributed by atoms with Crippen LogP contribution in [-0.2, 0) is 6.42 Å². The molecule has 142 valence electrons. The van der Waals surface area contributed by atoms with Crippen molar-refractivity contribution < 1.29 is 13.9 Å². The largest absolute Gasteiger partial charge is 0.493 e. The Hall–Kier alpha value is -2.47. The van der Waals surface area contributed by atoms with Crippen LogP contribution >= 0.6 is 11.6 Å². The van der Waals surface area contributed by atoms with Crippen molar-refractivity contribution in [3.05, 3.63) is 46.4 Å². The lowest BCUT2D eigenvalue weighted by Gasteiger charge is -2.32. The van der Waals surface area contributed by atoms with E-state index in [4.69, 9.17) is 20.8 Å². The Bertz CT molecular complexity index is 978. The first-order chi connectivity index (χ1) is 13.1. The van der Waals surface area contributed by atoms with E-state index in [1.807, 2.05) is 11.1 Å². The number of amides is 1. The topological polar surface area (TPSA) is 71.4 Å². The Balaban J connectivity index is 1.60. The van der Waals surface area contributed by atoms with E-state index < -0.39 is 0 Å². The quantitative estimate of drug-likeness (QED) is 0.720. The zero-order valence-corrected chi connectivity index (χ0v) is 16.2. The van der Waals surface area contributed by atoms with Crippen molar-refractivity contribution in [1.82, 2.24) is 15.1 Å². The Morgan fingerprint density at radius 3 is 3.07 bits per heavy atom. The van der Waals surface area contributed by atoms with Gasteiger partial charge in [0, 0.05) is 41.2 Å². The standard InChI is InChI=1S/C20H22ClN3O3/c1-3-12-10-22-23-18(12)13-5-4-6-24(11-13)20(25)17-8-14-7-15(21)9-16(26-2)19(14)27-17/h7-10,13H,3-6,11H2,1-2H3,(H,22,23). The molecule has 1 saturated heterocycles. The molecule has 0 spiro atoms. The maximum Gasteiger partial charge on any atom is 0.289 e. The second-order valence-electron chi connectivity index (χ2n) is 6.89. The normalized spacial score (nSPS) is 17.4. The van der Waals surface area contributed by atoms with Gasteiger partial charge in [-0.25, -0.2) is 0 Å². The van der Waals surface area contributed by atoms with Gasteiger partial charge in [0.05, 0.1) is 13.3 Å². The van der Waals surface area contributed by atoms with E-state index in [0.29, 0.717) is 28.7 Å². The number of carbonyl (C=O) groups excluding carboxylic acids is 1. The number of H-pyrrole nitrogens is 1. The molecule has 1 unspecified atom stereocenters. The average molecular weight is 388 g/mol. The van der Waals surface area contributed by atoms with Gasteiger partial charge in [-0.2, -0.15) is 5.10 Å². The van der Waals surface area contributed by atoms with E-state index in [9.17, 15) is 4.79 Å². The van der Waals surface area contributed by atoms with Gasteiger partial charge in [-0.3, -0.25) is 9.89 Å². The monoisotopic (exact) mass is 387 g/mol. The smallest absolute Gasteiger partial charge is 0.289 e. The van der Waals surface area contributed by atoms with Crippen molar-refractivity contribution in [2.45, 2.75) is 32.1 Å². The molecule has 0 saturated carbocycles. The summed E-state index contributed by atoms with van der Waals surface area (Å²) in [5.74, 6) is 1.00. The van der Waals surface area contributed by atoms with Gasteiger partial charge in [0.2, 0.25) is 0 Å². The third kappa shape index (κ3) is 3.30. The van der Waals surface area contributed by atoms with Crippen molar-refractivity contribution in [1.29, 1.82) is 0 Å². The number of hydrogen-bond acceptors (Lipinski definition) is 4. The molecule has 7 heteroatoms.